The molecule has 0 heterocycles. The molecule has 0 amide bonds. The zero-order valence-corrected chi connectivity index (χ0v) is 15.1. The van der Waals surface area contributed by atoms with Gasteiger partial charge in [-0.15, -0.1) is 0 Å². The molecule has 1 nitrogen and oxygen atoms in total. The van der Waals surface area contributed by atoms with E-state index >= 15 is 0 Å². The van der Waals surface area contributed by atoms with E-state index in [1.807, 2.05) is 0 Å². The summed E-state index contributed by atoms with van der Waals surface area (Å²) in [4.78, 5) is 0. The molecule has 0 aliphatic heterocycles. The van der Waals surface area contributed by atoms with E-state index in [1.165, 1.54) is 43.5 Å². The molecular formula is C22H14F6O. The van der Waals surface area contributed by atoms with Crippen molar-refractivity contribution in [1.29, 1.82) is 0 Å². The zero-order chi connectivity index (χ0) is 21.1. The molecule has 0 aliphatic carbocycles. The van der Waals surface area contributed by atoms with Gasteiger partial charge in [-0.25, -0.2) is 26.3 Å². The lowest BCUT2D eigenvalue weighted by atomic mass is 9.98. The lowest BCUT2D eigenvalue weighted by Crippen LogP contribution is -1.94. The third-order valence-electron chi connectivity index (χ3n) is 4.24. The minimum atomic E-state index is -1.63. The predicted molar refractivity (Wildman–Crippen MR) is 98.2 cm³/mol. The molecule has 3 aromatic carbocycles. The summed E-state index contributed by atoms with van der Waals surface area (Å²) in [6.07, 6.45) is 0. The van der Waals surface area contributed by atoms with Crippen LogP contribution in [0.15, 0.2) is 60.4 Å². The van der Waals surface area contributed by atoms with Crippen molar-refractivity contribution in [2.75, 3.05) is 13.7 Å². The maximum atomic E-state index is 14.5. The van der Waals surface area contributed by atoms with Gasteiger partial charge in [0.15, 0.2) is 29.1 Å². The average molecular weight is 408 g/mol. The predicted octanol–water partition coefficient (Wildman–Crippen LogP) is 6.83. The van der Waals surface area contributed by atoms with Crippen LogP contribution < -0.4 is 0 Å². The van der Waals surface area contributed by atoms with Gasteiger partial charge >= 0.3 is 0 Å². The van der Waals surface area contributed by atoms with Crippen LogP contribution in [0.25, 0.3) is 28.1 Å². The Morgan fingerprint density at radius 3 is 1.83 bits per heavy atom. The molecule has 0 fully saturated rings. The van der Waals surface area contributed by atoms with Gasteiger partial charge in [-0.3, -0.25) is 0 Å². The second-order valence-electron chi connectivity index (χ2n) is 6.18. The van der Waals surface area contributed by atoms with Crippen molar-refractivity contribution in [3.05, 3.63) is 89.3 Å². The van der Waals surface area contributed by atoms with Crippen LogP contribution in [-0.2, 0) is 4.74 Å². The molecule has 0 aromatic heterocycles. The first kappa shape index (κ1) is 20.7. The van der Waals surface area contributed by atoms with Crippen LogP contribution in [0.2, 0.25) is 0 Å². The van der Waals surface area contributed by atoms with Crippen LogP contribution in [0.5, 0.6) is 0 Å². The van der Waals surface area contributed by atoms with E-state index < -0.39 is 41.5 Å². The van der Waals surface area contributed by atoms with Crippen molar-refractivity contribution in [3.63, 3.8) is 0 Å². The maximum absolute atomic E-state index is 14.5. The Bertz CT molecular complexity index is 1050. The topological polar surface area (TPSA) is 9.23 Å². The number of hydrogen-bond donors (Lipinski definition) is 0. The average Bonchev–Trinajstić information content (AvgIpc) is 2.71. The number of rotatable bonds is 5. The van der Waals surface area contributed by atoms with Gasteiger partial charge in [-0.2, -0.15) is 0 Å². The Labute approximate surface area is 162 Å². The molecule has 0 atom stereocenters. The first-order valence-electron chi connectivity index (χ1n) is 8.40. The van der Waals surface area contributed by atoms with Crippen LogP contribution in [0, 0.1) is 23.3 Å². The minimum Gasteiger partial charge on any atom is -0.377 e. The summed E-state index contributed by atoms with van der Waals surface area (Å²) in [5.41, 5.74) is 0.649. The van der Waals surface area contributed by atoms with Crippen molar-refractivity contribution in [2.24, 2.45) is 0 Å². The molecule has 7 heteroatoms. The molecule has 0 radical (unpaired) electrons. The lowest BCUT2D eigenvalue weighted by molar-refractivity contribution is 0.205. The van der Waals surface area contributed by atoms with Gasteiger partial charge in [0.1, 0.15) is 12.4 Å². The first-order chi connectivity index (χ1) is 13.8. The van der Waals surface area contributed by atoms with Gasteiger partial charge in [-0.05, 0) is 34.9 Å². The molecule has 0 unspecified atom stereocenters. The van der Waals surface area contributed by atoms with Crippen LogP contribution in [0.3, 0.4) is 0 Å². The molecule has 0 N–H and O–H groups in total. The molecule has 3 aromatic rings. The second kappa shape index (κ2) is 8.53. The summed E-state index contributed by atoms with van der Waals surface area (Å²) in [7, 11) is 1.24. The number of halogens is 6. The van der Waals surface area contributed by atoms with Crippen LogP contribution in [-0.4, -0.2) is 13.7 Å². The molecule has 3 rings (SSSR count). The third kappa shape index (κ3) is 4.35. The highest BCUT2D eigenvalue weighted by atomic mass is 19.2. The second-order valence-corrected chi connectivity index (χ2v) is 6.18. The molecule has 29 heavy (non-hydrogen) atoms. The largest absolute Gasteiger partial charge is 0.377 e. The van der Waals surface area contributed by atoms with E-state index in [-0.39, 0.29) is 16.7 Å². The maximum Gasteiger partial charge on any atom is 0.194 e. The van der Waals surface area contributed by atoms with Gasteiger partial charge in [0.2, 0.25) is 0 Å². The highest BCUT2D eigenvalue weighted by Crippen LogP contribution is 2.31. The van der Waals surface area contributed by atoms with E-state index in [9.17, 15) is 26.3 Å². The first-order valence-corrected chi connectivity index (χ1v) is 8.40. The fourth-order valence-electron chi connectivity index (χ4n) is 2.80. The zero-order valence-electron chi connectivity index (χ0n) is 15.1. The smallest absolute Gasteiger partial charge is 0.194 e. The fourth-order valence-corrected chi connectivity index (χ4v) is 2.80. The minimum absolute atomic E-state index is 0.00217. The van der Waals surface area contributed by atoms with Crippen molar-refractivity contribution in [2.45, 2.75) is 0 Å². The standard InChI is InChI=1S/C22H14F6O/c1-29-11-20(26)21(27)13-4-2-12(3-5-13)14-6-7-16(17(23)8-14)15-9-18(24)22(28)19(25)10-15/h2-10H,11H2,1H3. The SMILES string of the molecule is COCC(F)=C(F)c1ccc(-c2ccc(-c3cc(F)c(F)c(F)c3)c(F)c2)cc1. The van der Waals surface area contributed by atoms with E-state index in [1.54, 1.807) is 0 Å². The summed E-state index contributed by atoms with van der Waals surface area (Å²) >= 11 is 0. The van der Waals surface area contributed by atoms with E-state index in [2.05, 4.69) is 4.74 Å². The Balaban J connectivity index is 1.92. The van der Waals surface area contributed by atoms with Gasteiger partial charge < -0.3 is 4.74 Å². The number of ether oxygens (including phenoxy) is 1. The molecule has 150 valence electrons. The number of hydrogen-bond acceptors (Lipinski definition) is 1. The van der Waals surface area contributed by atoms with E-state index in [0.717, 1.165) is 6.07 Å². The van der Waals surface area contributed by atoms with Crippen molar-refractivity contribution >= 4 is 5.83 Å². The van der Waals surface area contributed by atoms with E-state index in [0.29, 0.717) is 23.3 Å². The molecule has 0 saturated carbocycles. The summed E-state index contributed by atoms with van der Waals surface area (Å²) < 4.78 is 86.4. The molecule has 0 saturated heterocycles. The highest BCUT2D eigenvalue weighted by Gasteiger charge is 2.15. The normalized spacial score (nSPS) is 12.1. The Morgan fingerprint density at radius 1 is 0.724 bits per heavy atom. The Hall–Kier alpha value is -3.06. The fraction of sp³-hybridized carbons (Fsp3) is 0.0909. The number of benzene rings is 3. The number of methoxy groups -OCH3 is 1. The summed E-state index contributed by atoms with van der Waals surface area (Å²) in [5.74, 6) is -7.36. The highest BCUT2D eigenvalue weighted by molar-refractivity contribution is 5.72. The molecular weight excluding hydrogens is 394 g/mol. The Morgan fingerprint density at radius 2 is 1.28 bits per heavy atom. The van der Waals surface area contributed by atoms with Crippen LogP contribution >= 0.6 is 0 Å². The van der Waals surface area contributed by atoms with Crippen LogP contribution in [0.4, 0.5) is 26.3 Å². The lowest BCUT2D eigenvalue weighted by Gasteiger charge is -2.09. The molecule has 0 aliphatic rings. The van der Waals surface area contributed by atoms with Gasteiger partial charge in [0.25, 0.3) is 0 Å². The summed E-state index contributed by atoms with van der Waals surface area (Å²) in [6, 6.07) is 10.9. The van der Waals surface area contributed by atoms with Crippen LogP contribution in [0.1, 0.15) is 5.56 Å². The monoisotopic (exact) mass is 408 g/mol. The quantitative estimate of drug-likeness (QED) is 0.332. The van der Waals surface area contributed by atoms with E-state index in [4.69, 9.17) is 0 Å². The van der Waals surface area contributed by atoms with Gasteiger partial charge in [0, 0.05) is 18.2 Å². The summed E-state index contributed by atoms with van der Waals surface area (Å²) in [5, 5.41) is 0. The third-order valence-corrected chi connectivity index (χ3v) is 4.24. The van der Waals surface area contributed by atoms with Crippen molar-refractivity contribution < 1.29 is 31.1 Å². The van der Waals surface area contributed by atoms with Gasteiger partial charge in [-0.1, -0.05) is 36.4 Å². The van der Waals surface area contributed by atoms with Crippen molar-refractivity contribution in [1.82, 2.24) is 0 Å². The Kier molecular flexibility index (Phi) is 6.08. The molecule has 0 spiro atoms. The molecule has 0 bridgehead atoms. The van der Waals surface area contributed by atoms with Gasteiger partial charge in [0.05, 0.1) is 0 Å². The van der Waals surface area contributed by atoms with Crippen molar-refractivity contribution in [3.8, 4) is 22.3 Å². The summed E-state index contributed by atoms with van der Waals surface area (Å²) in [6.45, 7) is -0.495.